The van der Waals surface area contributed by atoms with Crippen molar-refractivity contribution in [3.8, 4) is 0 Å². The van der Waals surface area contributed by atoms with Crippen LogP contribution in [0.2, 0.25) is 0 Å². The molecule has 6 heteroatoms. The van der Waals surface area contributed by atoms with Gasteiger partial charge in [0.1, 0.15) is 29.9 Å². The second-order valence-corrected chi connectivity index (χ2v) is 7.85. The van der Waals surface area contributed by atoms with Gasteiger partial charge in [-0.05, 0) is 13.8 Å². The third kappa shape index (κ3) is 4.40. The molecular weight excluding hydrogens is 388 g/mol. The van der Waals surface area contributed by atoms with Crippen LogP contribution in [0, 0.1) is 0 Å². The minimum absolute atomic E-state index is 0.173. The van der Waals surface area contributed by atoms with Gasteiger partial charge in [0.2, 0.25) is 0 Å². The minimum atomic E-state index is 0.173. The van der Waals surface area contributed by atoms with Crippen LogP contribution >= 0.6 is 22.7 Å². The van der Waals surface area contributed by atoms with Crippen LogP contribution in [0.4, 0.5) is 0 Å². The lowest BCUT2D eigenvalue weighted by Crippen LogP contribution is -2.36. The van der Waals surface area contributed by atoms with E-state index >= 15 is 0 Å². The van der Waals surface area contributed by atoms with Crippen LogP contribution in [0.3, 0.4) is 0 Å². The molecule has 1 aromatic heterocycles. The summed E-state index contributed by atoms with van der Waals surface area (Å²) >= 11 is 2.70. The highest BCUT2D eigenvalue weighted by molar-refractivity contribution is 7.14. The second kappa shape index (κ2) is 9.48. The Labute approximate surface area is 171 Å². The molecule has 0 aliphatic heterocycles. The SMILES string of the molecule is CCN=c1s/c(=C(/O)c2ccccc2)c(=NCC)s/c1=C(/O)c1ccccc1. The molecule has 1 heterocycles. The van der Waals surface area contributed by atoms with Gasteiger partial charge in [0.05, 0.1) is 0 Å². The van der Waals surface area contributed by atoms with E-state index in [0.29, 0.717) is 31.5 Å². The van der Waals surface area contributed by atoms with Crippen molar-refractivity contribution in [2.45, 2.75) is 13.8 Å². The Morgan fingerprint density at radius 3 is 1.36 bits per heavy atom. The average molecular weight is 411 g/mol. The number of hydrogen-bond donors (Lipinski definition) is 2. The molecule has 0 saturated carbocycles. The van der Waals surface area contributed by atoms with Gasteiger partial charge in [0, 0.05) is 24.2 Å². The van der Waals surface area contributed by atoms with Crippen LogP contribution in [0.15, 0.2) is 70.6 Å². The van der Waals surface area contributed by atoms with Gasteiger partial charge in [-0.3, -0.25) is 9.98 Å². The molecule has 2 N–H and O–H groups in total. The van der Waals surface area contributed by atoms with Gasteiger partial charge in [-0.2, -0.15) is 0 Å². The Bertz CT molecular complexity index is 1100. The fourth-order valence-corrected chi connectivity index (χ4v) is 5.01. The molecule has 0 bridgehead atoms. The first-order valence-corrected chi connectivity index (χ1v) is 10.7. The van der Waals surface area contributed by atoms with Crippen molar-refractivity contribution in [1.82, 2.24) is 0 Å². The molecule has 0 atom stereocenters. The van der Waals surface area contributed by atoms with E-state index in [1.165, 1.54) is 22.7 Å². The summed E-state index contributed by atoms with van der Waals surface area (Å²) in [6, 6.07) is 18.8. The van der Waals surface area contributed by atoms with Crippen molar-refractivity contribution in [3.05, 3.63) is 90.2 Å². The Balaban J connectivity index is 2.46. The number of benzene rings is 2. The molecule has 28 heavy (non-hydrogen) atoms. The van der Waals surface area contributed by atoms with Crippen LogP contribution < -0.4 is 18.4 Å². The molecule has 3 aromatic rings. The largest absolute Gasteiger partial charge is 0.506 e. The topological polar surface area (TPSA) is 65.2 Å². The number of nitrogens with zero attached hydrogens (tertiary/aromatic N) is 2. The Morgan fingerprint density at radius 1 is 0.679 bits per heavy atom. The minimum Gasteiger partial charge on any atom is -0.506 e. The van der Waals surface area contributed by atoms with Gasteiger partial charge in [-0.25, -0.2) is 0 Å². The van der Waals surface area contributed by atoms with Crippen molar-refractivity contribution >= 4 is 34.2 Å². The fraction of sp³-hybridized carbons (Fsp3) is 0.182. The summed E-state index contributed by atoms with van der Waals surface area (Å²) in [5.41, 5.74) is 1.45. The summed E-state index contributed by atoms with van der Waals surface area (Å²) < 4.78 is 2.69. The maximum absolute atomic E-state index is 10.9. The predicted octanol–water partition coefficient (Wildman–Crippen LogP) is 3.08. The number of aliphatic hydroxyl groups excluding tert-OH is 2. The Hall–Kier alpha value is -2.70. The second-order valence-electron chi connectivity index (χ2n) is 5.85. The van der Waals surface area contributed by atoms with E-state index in [1.807, 2.05) is 74.5 Å². The first-order valence-electron chi connectivity index (χ1n) is 9.08. The molecule has 0 aliphatic carbocycles. The Morgan fingerprint density at radius 2 is 1.04 bits per heavy atom. The molecule has 0 saturated heterocycles. The molecule has 0 unspecified atom stereocenters. The normalized spacial score (nSPS) is 14.8. The van der Waals surface area contributed by atoms with Crippen molar-refractivity contribution in [1.29, 1.82) is 0 Å². The van der Waals surface area contributed by atoms with Gasteiger partial charge in [0.25, 0.3) is 0 Å². The van der Waals surface area contributed by atoms with E-state index in [0.717, 1.165) is 11.1 Å². The molecule has 0 radical (unpaired) electrons. The number of rotatable bonds is 4. The number of hydrogen-bond acceptors (Lipinski definition) is 6. The van der Waals surface area contributed by atoms with E-state index in [9.17, 15) is 10.2 Å². The predicted molar refractivity (Wildman–Crippen MR) is 117 cm³/mol. The molecule has 0 spiro atoms. The van der Waals surface area contributed by atoms with Crippen molar-refractivity contribution < 1.29 is 10.2 Å². The van der Waals surface area contributed by atoms with Gasteiger partial charge in [-0.15, -0.1) is 22.7 Å². The zero-order valence-electron chi connectivity index (χ0n) is 15.8. The molecule has 0 aliphatic rings. The summed E-state index contributed by atoms with van der Waals surface area (Å²) in [5.74, 6) is 0.347. The van der Waals surface area contributed by atoms with Crippen LogP contribution in [0.1, 0.15) is 25.0 Å². The van der Waals surface area contributed by atoms with Gasteiger partial charge >= 0.3 is 0 Å². The maximum Gasteiger partial charge on any atom is 0.143 e. The number of aliphatic hydroxyl groups is 2. The monoisotopic (exact) mass is 410 g/mol. The zero-order chi connectivity index (χ0) is 19.9. The molecule has 2 aromatic carbocycles. The highest BCUT2D eigenvalue weighted by atomic mass is 32.1. The Kier molecular flexibility index (Phi) is 6.79. The average Bonchev–Trinajstić information content (AvgIpc) is 2.75. The van der Waals surface area contributed by atoms with E-state index in [1.54, 1.807) is 0 Å². The van der Waals surface area contributed by atoms with Gasteiger partial charge in [-0.1, -0.05) is 60.7 Å². The molecule has 4 nitrogen and oxygen atoms in total. The molecule has 144 valence electrons. The van der Waals surface area contributed by atoms with Crippen LogP contribution in [-0.4, -0.2) is 23.3 Å². The van der Waals surface area contributed by atoms with Crippen molar-refractivity contribution in [2.24, 2.45) is 9.98 Å². The molecular formula is C22H22N2O2S2. The maximum atomic E-state index is 10.9. The highest BCUT2D eigenvalue weighted by Gasteiger charge is 2.08. The van der Waals surface area contributed by atoms with E-state index in [2.05, 4.69) is 9.98 Å². The summed E-state index contributed by atoms with van der Waals surface area (Å²) in [6.07, 6.45) is 0. The third-order valence-corrected chi connectivity index (χ3v) is 6.41. The third-order valence-electron chi connectivity index (χ3n) is 3.91. The molecule has 3 rings (SSSR count). The van der Waals surface area contributed by atoms with Crippen molar-refractivity contribution in [2.75, 3.05) is 13.1 Å². The van der Waals surface area contributed by atoms with Crippen molar-refractivity contribution in [3.63, 3.8) is 0 Å². The smallest absolute Gasteiger partial charge is 0.143 e. The molecule has 0 fully saturated rings. The lowest BCUT2D eigenvalue weighted by atomic mass is 10.2. The van der Waals surface area contributed by atoms with E-state index in [-0.39, 0.29) is 11.5 Å². The quantitative estimate of drug-likeness (QED) is 0.694. The van der Waals surface area contributed by atoms with Crippen LogP contribution in [0.25, 0.3) is 11.5 Å². The van der Waals surface area contributed by atoms with Crippen LogP contribution in [0.5, 0.6) is 0 Å². The lowest BCUT2D eigenvalue weighted by Gasteiger charge is -2.03. The lowest BCUT2D eigenvalue weighted by molar-refractivity contribution is 0.507. The first kappa shape index (κ1) is 20.0. The van der Waals surface area contributed by atoms with E-state index in [4.69, 9.17) is 0 Å². The van der Waals surface area contributed by atoms with E-state index < -0.39 is 0 Å². The van der Waals surface area contributed by atoms with Gasteiger partial charge < -0.3 is 10.2 Å². The standard InChI is InChI=1S/C22H22N2O2S2/c1-3-23-21-19(17(25)15-11-7-5-8-12-15)28-22(24-4-2)20(27-21)18(26)16-13-9-6-10-14-16/h5-14,25-26H,3-4H2,1-2H3/b19-17+,20-18+,23-21?,24-22?. The summed E-state index contributed by atoms with van der Waals surface area (Å²) in [7, 11) is 0. The zero-order valence-corrected chi connectivity index (χ0v) is 17.4. The first-order chi connectivity index (χ1) is 13.7. The fourth-order valence-electron chi connectivity index (χ4n) is 2.62. The summed E-state index contributed by atoms with van der Waals surface area (Å²) in [6.45, 7) is 5.05. The van der Waals surface area contributed by atoms with Gasteiger partial charge in [0.15, 0.2) is 0 Å². The summed E-state index contributed by atoms with van der Waals surface area (Å²) in [4.78, 5) is 9.15. The summed E-state index contributed by atoms with van der Waals surface area (Å²) in [5, 5.41) is 21.8. The van der Waals surface area contributed by atoms with Crippen LogP contribution in [-0.2, 0) is 0 Å². The molecule has 0 amide bonds. The highest BCUT2D eigenvalue weighted by Crippen LogP contribution is 2.08.